The van der Waals surface area contributed by atoms with E-state index in [0.717, 1.165) is 10.1 Å². The average molecular weight is 353 g/mol. The first kappa shape index (κ1) is 15.0. The van der Waals surface area contributed by atoms with Crippen LogP contribution in [-0.2, 0) is 11.3 Å². The second-order valence-electron chi connectivity index (χ2n) is 4.45. The zero-order chi connectivity index (χ0) is 15.6. The number of hydrogen-bond donors (Lipinski definition) is 3. The van der Waals surface area contributed by atoms with Gasteiger partial charge in [0, 0.05) is 6.20 Å². The third-order valence-electron chi connectivity index (χ3n) is 2.85. The summed E-state index contributed by atoms with van der Waals surface area (Å²) in [5.41, 5.74) is 6.37. The van der Waals surface area contributed by atoms with Crippen LogP contribution in [0.25, 0.3) is 0 Å². The monoisotopic (exact) mass is 352 g/mol. The molecule has 0 spiro atoms. The smallest absolute Gasteiger partial charge is 0.328 e. The first-order valence-corrected chi connectivity index (χ1v) is 6.82. The van der Waals surface area contributed by atoms with Crippen molar-refractivity contribution in [3.8, 4) is 0 Å². The van der Waals surface area contributed by atoms with Crippen LogP contribution in [0.15, 0.2) is 38.5 Å². The SMILES string of the molecule is Cc1cccc(N)c1NC(=O)Cn1cc(Br)c(=O)[nH]c1=O. The minimum absolute atomic E-state index is 0.172. The van der Waals surface area contributed by atoms with Crippen LogP contribution in [0.3, 0.4) is 0 Å². The van der Waals surface area contributed by atoms with Crippen molar-refractivity contribution in [3.63, 3.8) is 0 Å². The summed E-state index contributed by atoms with van der Waals surface area (Å²) < 4.78 is 1.26. The fraction of sp³-hybridized carbons (Fsp3) is 0.154. The highest BCUT2D eigenvalue weighted by molar-refractivity contribution is 9.10. The number of rotatable bonds is 3. The zero-order valence-electron chi connectivity index (χ0n) is 11.1. The van der Waals surface area contributed by atoms with E-state index in [1.807, 2.05) is 13.0 Å². The number of H-pyrrole nitrogens is 1. The molecule has 0 saturated carbocycles. The number of anilines is 2. The summed E-state index contributed by atoms with van der Waals surface area (Å²) in [5.74, 6) is -0.419. The Morgan fingerprint density at radius 2 is 2.14 bits per heavy atom. The lowest BCUT2D eigenvalue weighted by Crippen LogP contribution is -2.33. The molecule has 8 heteroatoms. The van der Waals surface area contributed by atoms with E-state index in [-0.39, 0.29) is 11.0 Å². The molecule has 21 heavy (non-hydrogen) atoms. The van der Waals surface area contributed by atoms with Gasteiger partial charge >= 0.3 is 5.69 Å². The van der Waals surface area contributed by atoms with Gasteiger partial charge in [0.05, 0.1) is 15.8 Å². The first-order valence-electron chi connectivity index (χ1n) is 6.02. The number of amides is 1. The first-order chi connectivity index (χ1) is 9.88. The highest BCUT2D eigenvalue weighted by Gasteiger charge is 2.10. The van der Waals surface area contributed by atoms with E-state index in [9.17, 15) is 14.4 Å². The van der Waals surface area contributed by atoms with Gasteiger partial charge < -0.3 is 11.1 Å². The lowest BCUT2D eigenvalue weighted by atomic mass is 10.1. The van der Waals surface area contributed by atoms with Gasteiger partial charge in [-0.05, 0) is 34.5 Å². The number of para-hydroxylation sites is 1. The quantitative estimate of drug-likeness (QED) is 0.710. The second-order valence-corrected chi connectivity index (χ2v) is 5.31. The van der Waals surface area contributed by atoms with Crippen molar-refractivity contribution < 1.29 is 4.79 Å². The normalized spacial score (nSPS) is 10.4. The van der Waals surface area contributed by atoms with Gasteiger partial charge in [0.25, 0.3) is 5.56 Å². The van der Waals surface area contributed by atoms with Gasteiger partial charge in [0.1, 0.15) is 6.54 Å². The Morgan fingerprint density at radius 1 is 1.43 bits per heavy atom. The fourth-order valence-electron chi connectivity index (χ4n) is 1.80. The number of hydrogen-bond acceptors (Lipinski definition) is 4. The van der Waals surface area contributed by atoms with Gasteiger partial charge in [-0.2, -0.15) is 0 Å². The van der Waals surface area contributed by atoms with Crippen LogP contribution in [0.4, 0.5) is 11.4 Å². The molecule has 4 N–H and O–H groups in total. The van der Waals surface area contributed by atoms with E-state index < -0.39 is 17.2 Å². The number of aromatic amines is 1. The van der Waals surface area contributed by atoms with E-state index in [2.05, 4.69) is 26.2 Å². The molecule has 0 aliphatic carbocycles. The minimum Gasteiger partial charge on any atom is -0.397 e. The molecule has 0 saturated heterocycles. The van der Waals surface area contributed by atoms with Gasteiger partial charge in [-0.1, -0.05) is 12.1 Å². The number of carbonyl (C=O) groups is 1. The summed E-state index contributed by atoms with van der Waals surface area (Å²) in [6.45, 7) is 1.58. The number of nitrogen functional groups attached to an aromatic ring is 1. The van der Waals surface area contributed by atoms with Crippen molar-refractivity contribution >= 4 is 33.2 Å². The summed E-state index contributed by atoms with van der Waals surface area (Å²) in [4.78, 5) is 36.9. The predicted octanol–water partition coefficient (Wildman–Crippen LogP) is 0.828. The number of halogens is 1. The molecule has 110 valence electrons. The Morgan fingerprint density at radius 3 is 2.81 bits per heavy atom. The van der Waals surface area contributed by atoms with Gasteiger partial charge in [0.15, 0.2) is 0 Å². The van der Waals surface area contributed by atoms with Gasteiger partial charge in [0.2, 0.25) is 5.91 Å². The summed E-state index contributed by atoms with van der Waals surface area (Å²) >= 11 is 3.01. The molecule has 2 rings (SSSR count). The maximum absolute atomic E-state index is 12.0. The molecular weight excluding hydrogens is 340 g/mol. The number of nitrogens with two attached hydrogens (primary N) is 1. The van der Waals surface area contributed by atoms with Crippen LogP contribution in [0, 0.1) is 6.92 Å². The van der Waals surface area contributed by atoms with Crippen LogP contribution < -0.4 is 22.3 Å². The van der Waals surface area contributed by atoms with Gasteiger partial charge in [-0.25, -0.2) is 4.79 Å². The number of carbonyl (C=O) groups excluding carboxylic acids is 1. The molecule has 1 amide bonds. The Labute approximate surface area is 127 Å². The lowest BCUT2D eigenvalue weighted by molar-refractivity contribution is -0.116. The third kappa shape index (κ3) is 3.40. The molecule has 7 nitrogen and oxygen atoms in total. The second kappa shape index (κ2) is 5.96. The molecule has 0 aliphatic heterocycles. The molecule has 1 heterocycles. The highest BCUT2D eigenvalue weighted by atomic mass is 79.9. The molecule has 0 unspecified atom stereocenters. The molecular formula is C13H13BrN4O3. The van der Waals surface area contributed by atoms with Crippen LogP contribution >= 0.6 is 15.9 Å². The summed E-state index contributed by atoms with van der Waals surface area (Å²) in [5, 5.41) is 2.66. The number of nitrogens with zero attached hydrogens (tertiary/aromatic N) is 1. The van der Waals surface area contributed by atoms with Crippen molar-refractivity contribution in [3.05, 3.63) is 55.3 Å². The molecule has 2 aromatic rings. The van der Waals surface area contributed by atoms with Crippen molar-refractivity contribution in [2.24, 2.45) is 0 Å². The summed E-state index contributed by atoms with van der Waals surface area (Å²) in [6, 6.07) is 5.27. The molecule has 1 aromatic heterocycles. The van der Waals surface area contributed by atoms with Crippen molar-refractivity contribution in [1.29, 1.82) is 0 Å². The van der Waals surface area contributed by atoms with E-state index in [1.165, 1.54) is 6.20 Å². The number of aryl methyl sites for hydroxylation is 1. The topological polar surface area (TPSA) is 110 Å². The molecule has 0 aliphatic rings. The van der Waals surface area contributed by atoms with Crippen LogP contribution in [0.5, 0.6) is 0 Å². The van der Waals surface area contributed by atoms with Crippen molar-refractivity contribution in [1.82, 2.24) is 9.55 Å². The molecule has 1 aromatic carbocycles. The van der Waals surface area contributed by atoms with E-state index in [0.29, 0.717) is 11.4 Å². The average Bonchev–Trinajstić information content (AvgIpc) is 2.40. The Balaban J connectivity index is 2.22. The minimum atomic E-state index is -0.656. The largest absolute Gasteiger partial charge is 0.397 e. The van der Waals surface area contributed by atoms with Gasteiger partial charge in [-0.15, -0.1) is 0 Å². The highest BCUT2D eigenvalue weighted by Crippen LogP contribution is 2.22. The summed E-state index contributed by atoms with van der Waals surface area (Å²) in [6.07, 6.45) is 1.27. The van der Waals surface area contributed by atoms with Gasteiger partial charge in [-0.3, -0.25) is 19.1 Å². The lowest BCUT2D eigenvalue weighted by Gasteiger charge is -2.11. The standard InChI is InChI=1S/C13H13BrN4O3/c1-7-3-2-4-9(15)11(7)16-10(19)6-18-5-8(14)12(20)17-13(18)21/h2-5H,6,15H2,1H3,(H,16,19)(H,17,20,21). The Hall–Kier alpha value is -2.35. The molecule has 0 atom stereocenters. The third-order valence-corrected chi connectivity index (χ3v) is 3.42. The van der Waals surface area contributed by atoms with E-state index in [4.69, 9.17) is 5.73 Å². The van der Waals surface area contributed by atoms with Crippen molar-refractivity contribution in [2.45, 2.75) is 13.5 Å². The van der Waals surface area contributed by atoms with Crippen LogP contribution in [0.1, 0.15) is 5.56 Å². The Bertz CT molecular complexity index is 790. The molecule has 0 fully saturated rings. The molecule has 0 bridgehead atoms. The predicted molar refractivity (Wildman–Crippen MR) is 83.2 cm³/mol. The van der Waals surface area contributed by atoms with E-state index in [1.54, 1.807) is 12.1 Å². The van der Waals surface area contributed by atoms with Crippen LogP contribution in [0.2, 0.25) is 0 Å². The summed E-state index contributed by atoms with van der Waals surface area (Å²) in [7, 11) is 0. The fourth-order valence-corrected chi connectivity index (χ4v) is 2.14. The number of aromatic nitrogens is 2. The maximum Gasteiger partial charge on any atom is 0.328 e. The van der Waals surface area contributed by atoms with Crippen molar-refractivity contribution in [2.75, 3.05) is 11.1 Å². The van der Waals surface area contributed by atoms with Crippen LogP contribution in [-0.4, -0.2) is 15.5 Å². The Kier molecular flexibility index (Phi) is 4.27. The number of benzene rings is 1. The maximum atomic E-state index is 12.0. The number of nitrogens with one attached hydrogen (secondary N) is 2. The zero-order valence-corrected chi connectivity index (χ0v) is 12.7. The molecule has 0 radical (unpaired) electrons. The van der Waals surface area contributed by atoms with E-state index >= 15 is 0 Å².